The molecule has 0 fully saturated rings. The fourth-order valence-corrected chi connectivity index (χ4v) is 4.30. The summed E-state index contributed by atoms with van der Waals surface area (Å²) >= 11 is 0. The first-order valence-corrected chi connectivity index (χ1v) is 10.9. The highest BCUT2D eigenvalue weighted by atomic mass is 16.1. The molecule has 0 atom stereocenters. The van der Waals surface area contributed by atoms with Gasteiger partial charge >= 0.3 is 0 Å². The summed E-state index contributed by atoms with van der Waals surface area (Å²) in [6.07, 6.45) is 9.76. The number of nitrogens with zero attached hydrogens (tertiary/aromatic N) is 6. The van der Waals surface area contributed by atoms with Crippen LogP contribution in [0.4, 0.5) is 11.5 Å². The van der Waals surface area contributed by atoms with Gasteiger partial charge in [0, 0.05) is 80.1 Å². The summed E-state index contributed by atoms with van der Waals surface area (Å²) in [4.78, 5) is 28.2. The van der Waals surface area contributed by atoms with Gasteiger partial charge in [-0.1, -0.05) is 0 Å². The van der Waals surface area contributed by atoms with Gasteiger partial charge in [0.05, 0.1) is 11.3 Å². The Hall–Kier alpha value is -4.07. The maximum atomic E-state index is 12.6. The van der Waals surface area contributed by atoms with Crippen LogP contribution in [0.3, 0.4) is 0 Å². The molecule has 1 aliphatic rings. The molecule has 5 rings (SSSR count). The van der Waals surface area contributed by atoms with Crippen molar-refractivity contribution in [2.45, 2.75) is 26.8 Å². The third-order valence-electron chi connectivity index (χ3n) is 5.91. The van der Waals surface area contributed by atoms with Crippen LogP contribution < -0.4 is 10.2 Å². The lowest BCUT2D eigenvalue weighted by atomic mass is 10.0. The number of aromatic nitrogens is 5. The average Bonchev–Trinajstić information content (AvgIpc) is 3.16. The Balaban J connectivity index is 1.36. The van der Waals surface area contributed by atoms with Crippen LogP contribution in [0.2, 0.25) is 0 Å². The lowest BCUT2D eigenvalue weighted by Crippen LogP contribution is -2.32. The molecule has 0 bridgehead atoms. The van der Waals surface area contributed by atoms with Gasteiger partial charge in [-0.15, -0.1) is 0 Å². The number of carbonyl (C=O) groups is 1. The molecule has 0 saturated heterocycles. The van der Waals surface area contributed by atoms with E-state index in [2.05, 4.69) is 31.3 Å². The van der Waals surface area contributed by atoms with Crippen LogP contribution in [0, 0.1) is 13.8 Å². The minimum absolute atomic E-state index is 0.187. The summed E-state index contributed by atoms with van der Waals surface area (Å²) in [6, 6.07) is 7.62. The minimum atomic E-state index is -0.187. The topological polar surface area (TPSA) is 88.8 Å². The summed E-state index contributed by atoms with van der Waals surface area (Å²) < 4.78 is 1.83. The molecular weight excluding hydrogens is 414 g/mol. The smallest absolute Gasteiger partial charge is 0.257 e. The largest absolute Gasteiger partial charge is 0.352 e. The molecule has 4 aromatic heterocycles. The van der Waals surface area contributed by atoms with Gasteiger partial charge in [0.1, 0.15) is 5.82 Å². The van der Waals surface area contributed by atoms with E-state index in [1.165, 1.54) is 5.56 Å². The van der Waals surface area contributed by atoms with Gasteiger partial charge in [0.2, 0.25) is 0 Å². The number of hydrogen-bond acceptors (Lipinski definition) is 6. The fraction of sp³-hybridized carbons (Fsp3) is 0.240. The molecule has 0 saturated carbocycles. The lowest BCUT2D eigenvalue weighted by molar-refractivity contribution is 0.102. The van der Waals surface area contributed by atoms with Crippen LogP contribution in [-0.2, 0) is 20.0 Å². The Labute approximate surface area is 192 Å². The SMILES string of the molecule is Cc1cc(C(=O)Nc2ccncc2)cnc1N1CCc2ncc(-c3cn(C)nc3C)cc2C1. The molecule has 4 aromatic rings. The zero-order valence-electron chi connectivity index (χ0n) is 18.9. The summed E-state index contributed by atoms with van der Waals surface area (Å²) in [7, 11) is 1.93. The molecule has 0 radical (unpaired) electrons. The number of carbonyl (C=O) groups excluding carboxylic acids is 1. The standard InChI is InChI=1S/C25H25N7O/c1-16-10-19(25(33)29-21-4-7-26-8-5-21)13-28-24(16)32-9-6-23-20(14-32)11-18(12-27-23)22-15-31(3)30-17(22)2/h4-5,7-8,10-13,15H,6,9,14H2,1-3H3,(H,26,29,33). The predicted octanol–water partition coefficient (Wildman–Crippen LogP) is 3.70. The van der Waals surface area contributed by atoms with Crippen molar-refractivity contribution in [3.8, 4) is 11.1 Å². The number of fused-ring (bicyclic) bond motifs is 1. The van der Waals surface area contributed by atoms with Gasteiger partial charge in [-0.3, -0.25) is 19.4 Å². The zero-order chi connectivity index (χ0) is 22.9. The first kappa shape index (κ1) is 20.8. The molecule has 1 aliphatic heterocycles. The van der Waals surface area contributed by atoms with E-state index >= 15 is 0 Å². The van der Waals surface area contributed by atoms with E-state index in [4.69, 9.17) is 4.98 Å². The van der Waals surface area contributed by atoms with E-state index in [0.717, 1.165) is 53.4 Å². The van der Waals surface area contributed by atoms with Gasteiger partial charge in [-0.25, -0.2) is 4.98 Å². The van der Waals surface area contributed by atoms with Crippen molar-refractivity contribution in [2.75, 3.05) is 16.8 Å². The summed E-state index contributed by atoms with van der Waals surface area (Å²) in [6.45, 7) is 5.57. The predicted molar refractivity (Wildman–Crippen MR) is 127 cm³/mol. The molecule has 0 unspecified atom stereocenters. The second kappa shape index (κ2) is 8.46. The Bertz CT molecular complexity index is 1330. The van der Waals surface area contributed by atoms with Crippen LogP contribution in [-0.4, -0.2) is 37.2 Å². The number of anilines is 2. The van der Waals surface area contributed by atoms with Gasteiger partial charge in [0.25, 0.3) is 5.91 Å². The molecule has 8 heteroatoms. The van der Waals surface area contributed by atoms with E-state index in [0.29, 0.717) is 11.3 Å². The molecule has 0 aromatic carbocycles. The van der Waals surface area contributed by atoms with Crippen molar-refractivity contribution in [3.05, 3.63) is 83.3 Å². The van der Waals surface area contributed by atoms with E-state index in [1.807, 2.05) is 44.0 Å². The summed E-state index contributed by atoms with van der Waals surface area (Å²) in [5.41, 5.74) is 7.69. The number of aryl methyl sites for hydroxylation is 3. The third-order valence-corrected chi connectivity index (χ3v) is 5.91. The normalized spacial score (nSPS) is 13.0. The van der Waals surface area contributed by atoms with Crippen LogP contribution in [0.25, 0.3) is 11.1 Å². The lowest BCUT2D eigenvalue weighted by Gasteiger charge is -2.30. The van der Waals surface area contributed by atoms with Gasteiger partial charge in [0.15, 0.2) is 0 Å². The maximum Gasteiger partial charge on any atom is 0.257 e. The number of nitrogens with one attached hydrogen (secondary N) is 1. The molecule has 1 amide bonds. The van der Waals surface area contributed by atoms with Crippen molar-refractivity contribution in [2.24, 2.45) is 7.05 Å². The van der Waals surface area contributed by atoms with Gasteiger partial charge < -0.3 is 10.2 Å². The quantitative estimate of drug-likeness (QED) is 0.522. The highest BCUT2D eigenvalue weighted by molar-refractivity contribution is 6.04. The number of pyridine rings is 3. The van der Waals surface area contributed by atoms with Crippen LogP contribution in [0.15, 0.2) is 55.2 Å². The van der Waals surface area contributed by atoms with Crippen molar-refractivity contribution < 1.29 is 4.79 Å². The highest BCUT2D eigenvalue weighted by Crippen LogP contribution is 2.29. The second-order valence-corrected chi connectivity index (χ2v) is 8.36. The van der Waals surface area contributed by atoms with Crippen LogP contribution in [0.1, 0.15) is 32.9 Å². The molecule has 5 heterocycles. The molecular formula is C25H25N7O. The van der Waals surface area contributed by atoms with E-state index in [-0.39, 0.29) is 5.91 Å². The Morgan fingerprint density at radius 1 is 1.09 bits per heavy atom. The molecule has 33 heavy (non-hydrogen) atoms. The first-order valence-electron chi connectivity index (χ1n) is 10.9. The number of hydrogen-bond donors (Lipinski definition) is 1. The highest BCUT2D eigenvalue weighted by Gasteiger charge is 2.22. The van der Waals surface area contributed by atoms with Gasteiger partial charge in [-0.2, -0.15) is 5.10 Å². The molecule has 8 nitrogen and oxygen atoms in total. The van der Waals surface area contributed by atoms with Crippen LogP contribution in [0.5, 0.6) is 0 Å². The van der Waals surface area contributed by atoms with E-state index < -0.39 is 0 Å². The maximum absolute atomic E-state index is 12.6. The molecule has 166 valence electrons. The number of amides is 1. The van der Waals surface area contributed by atoms with E-state index in [9.17, 15) is 4.79 Å². The van der Waals surface area contributed by atoms with Crippen molar-refractivity contribution in [1.82, 2.24) is 24.7 Å². The third kappa shape index (κ3) is 4.19. The van der Waals surface area contributed by atoms with E-state index in [1.54, 1.807) is 30.7 Å². The van der Waals surface area contributed by atoms with Gasteiger partial charge in [-0.05, 0) is 49.2 Å². The van der Waals surface area contributed by atoms with Crippen LogP contribution >= 0.6 is 0 Å². The minimum Gasteiger partial charge on any atom is -0.352 e. The van der Waals surface area contributed by atoms with Crippen molar-refractivity contribution >= 4 is 17.4 Å². The van der Waals surface area contributed by atoms with Crippen molar-refractivity contribution in [3.63, 3.8) is 0 Å². The van der Waals surface area contributed by atoms with Crippen molar-refractivity contribution in [1.29, 1.82) is 0 Å². The molecule has 0 spiro atoms. The Kier molecular flexibility index (Phi) is 5.34. The molecule has 0 aliphatic carbocycles. The zero-order valence-corrected chi connectivity index (χ0v) is 18.9. The monoisotopic (exact) mass is 439 g/mol. The molecule has 1 N–H and O–H groups in total. The fourth-order valence-electron chi connectivity index (χ4n) is 4.30. The summed E-state index contributed by atoms with van der Waals surface area (Å²) in [5, 5.41) is 7.33. The first-order chi connectivity index (χ1) is 16.0. The average molecular weight is 440 g/mol. The Morgan fingerprint density at radius 2 is 1.91 bits per heavy atom. The Morgan fingerprint density at radius 3 is 2.64 bits per heavy atom. The summed E-state index contributed by atoms with van der Waals surface area (Å²) in [5.74, 6) is 0.706. The second-order valence-electron chi connectivity index (χ2n) is 8.36. The number of rotatable bonds is 4.